The highest BCUT2D eigenvalue weighted by Gasteiger charge is 2.42. The van der Waals surface area contributed by atoms with Gasteiger partial charge in [-0.15, -0.1) is 0 Å². The number of carboxylic acids is 1. The number of nitrogens with one attached hydrogen (secondary N) is 2. The Morgan fingerprint density at radius 3 is 2.30 bits per heavy atom. The molecule has 0 heterocycles. The van der Waals surface area contributed by atoms with Crippen LogP contribution in [0.2, 0.25) is 0 Å². The van der Waals surface area contributed by atoms with Gasteiger partial charge in [0.05, 0.1) is 18.4 Å². The van der Waals surface area contributed by atoms with Gasteiger partial charge < -0.3 is 15.7 Å². The van der Waals surface area contributed by atoms with E-state index in [9.17, 15) is 19.5 Å². The highest BCUT2D eigenvalue weighted by molar-refractivity contribution is 5.89. The van der Waals surface area contributed by atoms with Gasteiger partial charge in [-0.2, -0.15) is 0 Å². The van der Waals surface area contributed by atoms with Crippen LogP contribution in [-0.2, 0) is 14.4 Å². The van der Waals surface area contributed by atoms with E-state index in [-0.39, 0.29) is 30.3 Å². The van der Waals surface area contributed by atoms with Crippen LogP contribution in [-0.4, -0.2) is 35.5 Å². The Labute approximate surface area is 119 Å². The summed E-state index contributed by atoms with van der Waals surface area (Å²) >= 11 is 0. The minimum atomic E-state index is -0.923. The summed E-state index contributed by atoms with van der Waals surface area (Å²) in [5.74, 6) is -2.39. The third kappa shape index (κ3) is 4.51. The molecule has 1 rings (SSSR count). The Kier molecular flexibility index (Phi) is 5.98. The molecule has 1 fully saturated rings. The third-order valence-corrected chi connectivity index (χ3v) is 3.76. The normalized spacial score (nSPS) is 25.5. The first-order chi connectivity index (χ1) is 9.35. The van der Waals surface area contributed by atoms with Crippen molar-refractivity contribution in [3.8, 4) is 0 Å². The molecule has 0 aliphatic heterocycles. The molecule has 2 amide bonds. The molecule has 1 aliphatic carbocycles. The number of amides is 2. The van der Waals surface area contributed by atoms with E-state index in [1.165, 1.54) is 0 Å². The fourth-order valence-electron chi connectivity index (χ4n) is 2.71. The summed E-state index contributed by atoms with van der Waals surface area (Å²) in [5.41, 5.74) is 0. The van der Waals surface area contributed by atoms with Crippen LogP contribution < -0.4 is 10.6 Å². The first kappa shape index (κ1) is 16.5. The number of rotatable bonds is 6. The molecule has 0 radical (unpaired) electrons. The molecule has 20 heavy (non-hydrogen) atoms. The first-order valence-electron chi connectivity index (χ1n) is 7.15. The topological polar surface area (TPSA) is 95.5 Å². The average molecular weight is 284 g/mol. The molecular weight excluding hydrogens is 260 g/mol. The molecule has 0 spiro atoms. The molecule has 3 N–H and O–H groups in total. The van der Waals surface area contributed by atoms with Gasteiger partial charge in [-0.05, 0) is 32.6 Å². The molecule has 0 saturated heterocycles. The van der Waals surface area contributed by atoms with Gasteiger partial charge in [-0.3, -0.25) is 14.4 Å². The van der Waals surface area contributed by atoms with E-state index >= 15 is 0 Å². The van der Waals surface area contributed by atoms with Crippen LogP contribution in [0.3, 0.4) is 0 Å². The van der Waals surface area contributed by atoms with Crippen molar-refractivity contribution in [1.29, 1.82) is 0 Å². The molecule has 3 unspecified atom stereocenters. The molecule has 1 aliphatic rings. The van der Waals surface area contributed by atoms with Crippen molar-refractivity contribution in [2.75, 3.05) is 6.54 Å². The molecule has 0 aromatic heterocycles. The van der Waals surface area contributed by atoms with Crippen LogP contribution in [0, 0.1) is 17.8 Å². The van der Waals surface area contributed by atoms with Crippen molar-refractivity contribution in [1.82, 2.24) is 10.6 Å². The number of carbonyl (C=O) groups excluding carboxylic acids is 2. The van der Waals surface area contributed by atoms with Gasteiger partial charge in [0.25, 0.3) is 0 Å². The maximum Gasteiger partial charge on any atom is 0.307 e. The van der Waals surface area contributed by atoms with E-state index in [0.29, 0.717) is 12.8 Å². The number of carbonyl (C=O) groups is 3. The zero-order valence-corrected chi connectivity index (χ0v) is 12.3. The summed E-state index contributed by atoms with van der Waals surface area (Å²) in [6, 6.07) is 0.0159. The van der Waals surface area contributed by atoms with Crippen molar-refractivity contribution >= 4 is 17.8 Å². The molecule has 3 atom stereocenters. The lowest BCUT2D eigenvalue weighted by Gasteiger charge is -2.16. The van der Waals surface area contributed by atoms with Crippen molar-refractivity contribution < 1.29 is 19.5 Å². The van der Waals surface area contributed by atoms with Crippen LogP contribution in [0.25, 0.3) is 0 Å². The van der Waals surface area contributed by atoms with E-state index in [1.807, 2.05) is 20.8 Å². The predicted octanol–water partition coefficient (Wildman–Crippen LogP) is 0.764. The third-order valence-electron chi connectivity index (χ3n) is 3.76. The summed E-state index contributed by atoms with van der Waals surface area (Å²) in [7, 11) is 0. The Morgan fingerprint density at radius 2 is 1.80 bits per heavy atom. The molecule has 6 heteroatoms. The van der Waals surface area contributed by atoms with Gasteiger partial charge in [-0.1, -0.05) is 13.3 Å². The van der Waals surface area contributed by atoms with Crippen LogP contribution in [0.5, 0.6) is 0 Å². The number of hydrogen-bond acceptors (Lipinski definition) is 3. The Balaban J connectivity index is 2.53. The highest BCUT2D eigenvalue weighted by Crippen LogP contribution is 2.38. The lowest BCUT2D eigenvalue weighted by atomic mass is 9.95. The quantitative estimate of drug-likeness (QED) is 0.671. The van der Waals surface area contributed by atoms with Crippen LogP contribution in [0.1, 0.15) is 40.0 Å². The summed E-state index contributed by atoms with van der Waals surface area (Å²) in [6.45, 7) is 5.57. The Morgan fingerprint density at radius 1 is 1.20 bits per heavy atom. The van der Waals surface area contributed by atoms with Crippen molar-refractivity contribution in [2.24, 2.45) is 17.8 Å². The van der Waals surface area contributed by atoms with E-state index in [4.69, 9.17) is 0 Å². The highest BCUT2D eigenvalue weighted by atomic mass is 16.4. The van der Waals surface area contributed by atoms with Gasteiger partial charge in [-0.25, -0.2) is 0 Å². The van der Waals surface area contributed by atoms with Gasteiger partial charge in [0.15, 0.2) is 0 Å². The monoisotopic (exact) mass is 284 g/mol. The summed E-state index contributed by atoms with van der Waals surface area (Å²) in [5, 5.41) is 14.4. The van der Waals surface area contributed by atoms with Crippen LogP contribution in [0.4, 0.5) is 0 Å². The van der Waals surface area contributed by atoms with Gasteiger partial charge in [0.1, 0.15) is 0 Å². The molecule has 114 valence electrons. The zero-order valence-electron chi connectivity index (χ0n) is 12.3. The van der Waals surface area contributed by atoms with E-state index in [2.05, 4.69) is 10.6 Å². The fourth-order valence-corrected chi connectivity index (χ4v) is 2.71. The first-order valence-corrected chi connectivity index (χ1v) is 7.15. The molecule has 0 aromatic rings. The number of hydrogen-bond donors (Lipinski definition) is 3. The van der Waals surface area contributed by atoms with Crippen molar-refractivity contribution in [3.05, 3.63) is 0 Å². The van der Waals surface area contributed by atoms with Crippen LogP contribution in [0.15, 0.2) is 0 Å². The van der Waals surface area contributed by atoms with Gasteiger partial charge >= 0.3 is 5.97 Å². The Bertz CT molecular complexity index is 381. The Hall–Kier alpha value is -1.59. The van der Waals surface area contributed by atoms with E-state index < -0.39 is 17.8 Å². The number of carboxylic acid groups (broad SMARTS) is 1. The van der Waals surface area contributed by atoms with Gasteiger partial charge in [0, 0.05) is 6.04 Å². The number of aliphatic carboxylic acids is 1. The molecule has 6 nitrogen and oxygen atoms in total. The average Bonchev–Trinajstić information content (AvgIpc) is 2.79. The largest absolute Gasteiger partial charge is 0.481 e. The van der Waals surface area contributed by atoms with Crippen LogP contribution >= 0.6 is 0 Å². The van der Waals surface area contributed by atoms with Crippen molar-refractivity contribution in [3.63, 3.8) is 0 Å². The summed E-state index contributed by atoms with van der Waals surface area (Å²) in [6.07, 6.45) is 2.01. The molecule has 0 bridgehead atoms. The zero-order chi connectivity index (χ0) is 15.3. The van der Waals surface area contributed by atoms with Gasteiger partial charge in [0.2, 0.25) is 11.8 Å². The second kappa shape index (κ2) is 7.26. The van der Waals surface area contributed by atoms with Crippen molar-refractivity contribution in [2.45, 2.75) is 46.1 Å². The minimum absolute atomic E-state index is 0.0159. The molecule has 1 saturated carbocycles. The second-order valence-corrected chi connectivity index (χ2v) is 5.74. The lowest BCUT2D eigenvalue weighted by Crippen LogP contribution is -2.43. The van der Waals surface area contributed by atoms with E-state index in [1.54, 1.807) is 0 Å². The smallest absolute Gasteiger partial charge is 0.307 e. The maximum atomic E-state index is 12.1. The molecule has 0 aromatic carbocycles. The summed E-state index contributed by atoms with van der Waals surface area (Å²) in [4.78, 5) is 34.7. The predicted molar refractivity (Wildman–Crippen MR) is 73.9 cm³/mol. The summed E-state index contributed by atoms with van der Waals surface area (Å²) < 4.78 is 0. The SMILES string of the molecule is CCC1CC(C(=O)O)C(C(=O)NCC(=O)NC(C)C)C1. The second-order valence-electron chi connectivity index (χ2n) is 5.74. The standard InChI is InChI=1S/C14H24N2O4/c1-4-9-5-10(11(6-9)14(19)20)13(18)15-7-12(17)16-8(2)3/h8-11H,4-7H2,1-3H3,(H,15,18)(H,16,17)(H,19,20). The maximum absolute atomic E-state index is 12.1. The molecular formula is C14H24N2O4. The lowest BCUT2D eigenvalue weighted by molar-refractivity contribution is -0.146. The fraction of sp³-hybridized carbons (Fsp3) is 0.786. The minimum Gasteiger partial charge on any atom is -0.481 e. The van der Waals surface area contributed by atoms with E-state index in [0.717, 1.165) is 6.42 Å².